The SMILES string of the molecule is C=CC=Nc1cc(C)cnc1C. The molecule has 2 nitrogen and oxygen atoms in total. The number of rotatable bonds is 2. The summed E-state index contributed by atoms with van der Waals surface area (Å²) in [5.74, 6) is 0. The maximum atomic E-state index is 4.18. The van der Waals surface area contributed by atoms with Crippen molar-refractivity contribution in [2.24, 2.45) is 4.99 Å². The Labute approximate surface area is 72.7 Å². The molecule has 0 aliphatic carbocycles. The van der Waals surface area contributed by atoms with Crippen LogP contribution in [0.5, 0.6) is 0 Å². The molecule has 0 fully saturated rings. The van der Waals surface area contributed by atoms with Crippen molar-refractivity contribution in [3.63, 3.8) is 0 Å². The lowest BCUT2D eigenvalue weighted by molar-refractivity contribution is 1.16. The Morgan fingerprint density at radius 2 is 2.25 bits per heavy atom. The number of hydrogen-bond acceptors (Lipinski definition) is 2. The topological polar surface area (TPSA) is 25.2 Å². The molecule has 1 rings (SSSR count). The zero-order valence-electron chi connectivity index (χ0n) is 7.41. The fourth-order valence-electron chi connectivity index (χ4n) is 0.886. The lowest BCUT2D eigenvalue weighted by atomic mass is 10.2. The van der Waals surface area contributed by atoms with Gasteiger partial charge in [-0.05, 0) is 25.5 Å². The largest absolute Gasteiger partial charge is 0.259 e. The molecule has 0 aliphatic rings. The van der Waals surface area contributed by atoms with Gasteiger partial charge in [0.15, 0.2) is 0 Å². The van der Waals surface area contributed by atoms with Gasteiger partial charge in [-0.15, -0.1) is 0 Å². The van der Waals surface area contributed by atoms with Crippen LogP contribution in [0.1, 0.15) is 11.3 Å². The maximum absolute atomic E-state index is 4.18. The Morgan fingerprint density at radius 1 is 1.50 bits per heavy atom. The molecule has 0 atom stereocenters. The van der Waals surface area contributed by atoms with Crippen LogP contribution in [0.4, 0.5) is 5.69 Å². The molecule has 1 aromatic heterocycles. The predicted molar refractivity (Wildman–Crippen MR) is 52.1 cm³/mol. The second-order valence-electron chi connectivity index (χ2n) is 2.63. The molecule has 0 saturated heterocycles. The fraction of sp³-hybridized carbons (Fsp3) is 0.200. The van der Waals surface area contributed by atoms with Crippen LogP contribution in [0.25, 0.3) is 0 Å². The summed E-state index contributed by atoms with van der Waals surface area (Å²) in [5.41, 5.74) is 2.98. The summed E-state index contributed by atoms with van der Waals surface area (Å²) in [6.45, 7) is 7.50. The van der Waals surface area contributed by atoms with Crippen molar-refractivity contribution < 1.29 is 0 Å². The van der Waals surface area contributed by atoms with E-state index >= 15 is 0 Å². The first-order valence-electron chi connectivity index (χ1n) is 3.82. The number of pyridine rings is 1. The quantitative estimate of drug-likeness (QED) is 0.610. The highest BCUT2D eigenvalue weighted by Crippen LogP contribution is 2.16. The molecule has 2 heteroatoms. The zero-order chi connectivity index (χ0) is 8.97. The van der Waals surface area contributed by atoms with E-state index in [1.807, 2.05) is 26.1 Å². The van der Waals surface area contributed by atoms with Crippen LogP contribution in [0.3, 0.4) is 0 Å². The Hall–Kier alpha value is -1.44. The second kappa shape index (κ2) is 3.81. The standard InChI is InChI=1S/C10H12N2/c1-4-5-11-10-6-8(2)7-12-9(10)3/h4-7H,1H2,2-3H3. The van der Waals surface area contributed by atoms with E-state index in [-0.39, 0.29) is 0 Å². The summed E-state index contributed by atoms with van der Waals surface area (Å²) in [5, 5.41) is 0. The molecule has 0 aliphatic heterocycles. The number of aromatic nitrogens is 1. The molecule has 62 valence electrons. The highest BCUT2D eigenvalue weighted by atomic mass is 14.8. The Morgan fingerprint density at radius 3 is 2.92 bits per heavy atom. The number of aryl methyl sites for hydroxylation is 2. The molecule has 0 bridgehead atoms. The Bertz CT molecular complexity index is 314. The van der Waals surface area contributed by atoms with Gasteiger partial charge in [-0.3, -0.25) is 9.98 Å². The predicted octanol–water partition coefficient (Wildman–Crippen LogP) is 2.59. The summed E-state index contributed by atoms with van der Waals surface area (Å²) in [7, 11) is 0. The third-order valence-corrected chi connectivity index (χ3v) is 1.52. The van der Waals surface area contributed by atoms with Gasteiger partial charge in [0.25, 0.3) is 0 Å². The highest BCUT2D eigenvalue weighted by molar-refractivity contribution is 5.74. The average molecular weight is 160 g/mol. The second-order valence-corrected chi connectivity index (χ2v) is 2.63. The van der Waals surface area contributed by atoms with Gasteiger partial charge in [-0.2, -0.15) is 0 Å². The molecule has 0 saturated carbocycles. The molecule has 12 heavy (non-hydrogen) atoms. The van der Waals surface area contributed by atoms with Crippen molar-refractivity contribution in [3.05, 3.63) is 36.2 Å². The van der Waals surface area contributed by atoms with Crippen LogP contribution in [0, 0.1) is 13.8 Å². The van der Waals surface area contributed by atoms with Gasteiger partial charge in [-0.25, -0.2) is 0 Å². The van der Waals surface area contributed by atoms with Gasteiger partial charge in [0.1, 0.15) is 0 Å². The molecular formula is C10H12N2. The first kappa shape index (κ1) is 8.65. The highest BCUT2D eigenvalue weighted by Gasteiger charge is 1.95. The zero-order valence-corrected chi connectivity index (χ0v) is 7.41. The number of hydrogen-bond donors (Lipinski definition) is 0. The Balaban J connectivity index is 3.04. The first-order chi connectivity index (χ1) is 5.74. The van der Waals surface area contributed by atoms with Gasteiger partial charge in [0, 0.05) is 12.4 Å². The van der Waals surface area contributed by atoms with Gasteiger partial charge >= 0.3 is 0 Å². The lowest BCUT2D eigenvalue weighted by Gasteiger charge is -1.98. The summed E-state index contributed by atoms with van der Waals surface area (Å²) >= 11 is 0. The fourth-order valence-corrected chi connectivity index (χ4v) is 0.886. The van der Waals surface area contributed by atoms with E-state index in [0.717, 1.165) is 16.9 Å². The van der Waals surface area contributed by atoms with E-state index in [2.05, 4.69) is 16.6 Å². The first-order valence-corrected chi connectivity index (χ1v) is 3.82. The molecular weight excluding hydrogens is 148 g/mol. The number of allylic oxidation sites excluding steroid dienone is 1. The van der Waals surface area contributed by atoms with Crippen LogP contribution >= 0.6 is 0 Å². The van der Waals surface area contributed by atoms with Crippen molar-refractivity contribution in [3.8, 4) is 0 Å². The van der Waals surface area contributed by atoms with Crippen molar-refractivity contribution >= 4 is 11.9 Å². The van der Waals surface area contributed by atoms with E-state index in [4.69, 9.17) is 0 Å². The maximum Gasteiger partial charge on any atom is 0.0844 e. The van der Waals surface area contributed by atoms with Gasteiger partial charge in [0.2, 0.25) is 0 Å². The van der Waals surface area contributed by atoms with Crippen LogP contribution in [-0.2, 0) is 0 Å². The summed E-state index contributed by atoms with van der Waals surface area (Å²) in [4.78, 5) is 8.36. The molecule has 0 aromatic carbocycles. The molecule has 0 amide bonds. The third kappa shape index (κ3) is 2.02. The molecule has 0 spiro atoms. The normalized spacial score (nSPS) is 10.5. The summed E-state index contributed by atoms with van der Waals surface area (Å²) < 4.78 is 0. The van der Waals surface area contributed by atoms with Crippen LogP contribution in [-0.4, -0.2) is 11.2 Å². The third-order valence-electron chi connectivity index (χ3n) is 1.52. The minimum atomic E-state index is 0.912. The van der Waals surface area contributed by atoms with Gasteiger partial charge in [-0.1, -0.05) is 12.7 Å². The smallest absolute Gasteiger partial charge is 0.0844 e. The minimum absolute atomic E-state index is 0.912. The number of nitrogens with zero attached hydrogens (tertiary/aromatic N) is 2. The van der Waals surface area contributed by atoms with E-state index in [1.54, 1.807) is 12.3 Å². The van der Waals surface area contributed by atoms with Crippen LogP contribution in [0.15, 0.2) is 29.9 Å². The average Bonchev–Trinajstić information content (AvgIpc) is 2.07. The van der Waals surface area contributed by atoms with Crippen LogP contribution in [0.2, 0.25) is 0 Å². The van der Waals surface area contributed by atoms with Crippen LogP contribution < -0.4 is 0 Å². The molecule has 0 N–H and O–H groups in total. The molecule has 0 radical (unpaired) electrons. The van der Waals surface area contributed by atoms with E-state index in [9.17, 15) is 0 Å². The molecule has 1 aromatic rings. The molecule has 1 heterocycles. The number of aliphatic imine (C=N–C) groups is 1. The van der Waals surface area contributed by atoms with Gasteiger partial charge < -0.3 is 0 Å². The summed E-state index contributed by atoms with van der Waals surface area (Å²) in [6.07, 6.45) is 5.16. The van der Waals surface area contributed by atoms with Crippen molar-refractivity contribution in [1.29, 1.82) is 0 Å². The Kier molecular flexibility index (Phi) is 2.75. The van der Waals surface area contributed by atoms with Gasteiger partial charge in [0.05, 0.1) is 11.4 Å². The van der Waals surface area contributed by atoms with E-state index < -0.39 is 0 Å². The lowest BCUT2D eigenvalue weighted by Crippen LogP contribution is -1.82. The van der Waals surface area contributed by atoms with E-state index in [0.29, 0.717) is 0 Å². The summed E-state index contributed by atoms with van der Waals surface area (Å²) in [6, 6.07) is 2.00. The van der Waals surface area contributed by atoms with Crippen molar-refractivity contribution in [2.75, 3.05) is 0 Å². The monoisotopic (exact) mass is 160 g/mol. The van der Waals surface area contributed by atoms with Crippen molar-refractivity contribution in [2.45, 2.75) is 13.8 Å². The minimum Gasteiger partial charge on any atom is -0.259 e. The van der Waals surface area contributed by atoms with E-state index in [1.165, 1.54) is 0 Å². The van der Waals surface area contributed by atoms with Crippen molar-refractivity contribution in [1.82, 2.24) is 4.98 Å². The molecule has 0 unspecified atom stereocenters.